The van der Waals surface area contributed by atoms with Gasteiger partial charge in [0.15, 0.2) is 6.10 Å². The second-order valence-electron chi connectivity index (χ2n) is 7.17. The van der Waals surface area contributed by atoms with Crippen molar-refractivity contribution in [2.45, 2.75) is 26.9 Å². The Morgan fingerprint density at radius 2 is 2.03 bits per heavy atom. The number of nitrogens with one attached hydrogen (secondary N) is 1. The number of carbonyl (C=O) groups excluding carboxylic acids is 3. The molecule has 1 fully saturated rings. The molecule has 10 heteroatoms. The number of rotatable bonds is 5. The molecule has 0 radical (unpaired) electrons. The summed E-state index contributed by atoms with van der Waals surface area (Å²) in [5.74, 6) is -1.61. The minimum atomic E-state index is -1.22. The van der Waals surface area contributed by atoms with Gasteiger partial charge in [-0.3, -0.25) is 9.69 Å². The van der Waals surface area contributed by atoms with Gasteiger partial charge in [0, 0.05) is 24.5 Å². The van der Waals surface area contributed by atoms with Crippen LogP contribution >= 0.6 is 23.2 Å². The Balaban J connectivity index is 1.86. The van der Waals surface area contributed by atoms with E-state index in [-0.39, 0.29) is 12.1 Å². The summed E-state index contributed by atoms with van der Waals surface area (Å²) in [6.45, 7) is 5.55. The quantitative estimate of drug-likeness (QED) is 0.403. The molecule has 166 valence electrons. The first-order valence-corrected chi connectivity index (χ1v) is 10.5. The lowest BCUT2D eigenvalue weighted by molar-refractivity contribution is -0.153. The predicted molar refractivity (Wildman–Crippen MR) is 120 cm³/mol. The number of esters is 1. The zero-order valence-corrected chi connectivity index (χ0v) is 19.1. The second kappa shape index (κ2) is 9.47. The van der Waals surface area contributed by atoms with Crippen molar-refractivity contribution in [1.82, 2.24) is 14.8 Å². The highest BCUT2D eigenvalue weighted by Crippen LogP contribution is 2.32. The first-order valence-electron chi connectivity index (χ1n) is 9.71. The van der Waals surface area contributed by atoms with Gasteiger partial charge < -0.3 is 14.6 Å². The van der Waals surface area contributed by atoms with E-state index in [0.717, 1.165) is 16.3 Å². The van der Waals surface area contributed by atoms with Crippen molar-refractivity contribution < 1.29 is 19.1 Å². The summed E-state index contributed by atoms with van der Waals surface area (Å²) in [4.78, 5) is 37.5. The molecule has 3 amide bonds. The fourth-order valence-corrected chi connectivity index (χ4v) is 3.82. The minimum Gasteiger partial charge on any atom is -0.448 e. The van der Waals surface area contributed by atoms with E-state index in [1.54, 1.807) is 18.2 Å². The van der Waals surface area contributed by atoms with Crippen LogP contribution in [0.2, 0.25) is 10.0 Å². The number of hydrogen-bond acceptors (Lipinski definition) is 5. The molecule has 1 atom stereocenters. The van der Waals surface area contributed by atoms with Crippen molar-refractivity contribution in [3.8, 4) is 11.8 Å². The molecule has 8 nitrogen and oxygen atoms in total. The Hall–Kier alpha value is -3.28. The molecule has 1 aromatic carbocycles. The molecule has 2 heterocycles. The van der Waals surface area contributed by atoms with E-state index in [9.17, 15) is 19.6 Å². The van der Waals surface area contributed by atoms with Crippen molar-refractivity contribution >= 4 is 47.2 Å². The van der Waals surface area contributed by atoms with Crippen molar-refractivity contribution in [3.05, 3.63) is 56.8 Å². The van der Waals surface area contributed by atoms with Crippen LogP contribution in [0.1, 0.15) is 23.9 Å². The third kappa shape index (κ3) is 4.49. The molecule has 1 aromatic heterocycles. The SMILES string of the molecule is Cc1cc(/C=C(\C#N)C(=O)OC(C)C(=O)N2CCNC2=O)c(C)n1-c1cccc(Cl)c1Cl. The van der Waals surface area contributed by atoms with Crippen LogP contribution in [0.3, 0.4) is 0 Å². The standard InChI is InChI=1S/C22H20Cl2N4O4/c1-12-9-15(13(2)28(12)18-6-4-5-17(23)19(18)24)10-16(11-25)21(30)32-14(3)20(29)27-8-7-26-22(27)31/h4-6,9-10,14H,7-8H2,1-3H3,(H,26,31)/b16-10+. The average Bonchev–Trinajstić information content (AvgIpc) is 3.30. The first kappa shape index (κ1) is 23.4. The summed E-state index contributed by atoms with van der Waals surface area (Å²) in [6.07, 6.45) is 0.167. The second-order valence-corrected chi connectivity index (χ2v) is 7.96. The summed E-state index contributed by atoms with van der Waals surface area (Å²) in [5, 5.41) is 12.8. The highest BCUT2D eigenvalue weighted by molar-refractivity contribution is 6.43. The number of aryl methyl sites for hydroxylation is 1. The van der Waals surface area contributed by atoms with Crippen molar-refractivity contribution in [3.63, 3.8) is 0 Å². The third-order valence-corrected chi connectivity index (χ3v) is 5.85. The molecule has 1 aliphatic heterocycles. The number of hydrogen-bond donors (Lipinski definition) is 1. The van der Waals surface area contributed by atoms with Crippen LogP contribution in [0.5, 0.6) is 0 Å². The number of aromatic nitrogens is 1. The number of benzene rings is 1. The fraction of sp³-hybridized carbons (Fsp3) is 0.273. The molecule has 0 saturated carbocycles. The summed E-state index contributed by atoms with van der Waals surface area (Å²) >= 11 is 12.5. The molecule has 1 aliphatic rings. The molecule has 1 saturated heterocycles. The average molecular weight is 475 g/mol. The molecule has 32 heavy (non-hydrogen) atoms. The summed E-state index contributed by atoms with van der Waals surface area (Å²) < 4.78 is 7.01. The molecule has 0 aliphatic carbocycles. The third-order valence-electron chi connectivity index (χ3n) is 5.04. The number of carbonyl (C=O) groups is 3. The van der Waals surface area contributed by atoms with Gasteiger partial charge in [0.05, 0.1) is 15.7 Å². The van der Waals surface area contributed by atoms with E-state index >= 15 is 0 Å². The molecule has 1 N–H and O–H groups in total. The largest absolute Gasteiger partial charge is 0.448 e. The van der Waals surface area contributed by atoms with Crippen LogP contribution in [0.15, 0.2) is 29.8 Å². The van der Waals surface area contributed by atoms with Gasteiger partial charge in [-0.1, -0.05) is 29.3 Å². The van der Waals surface area contributed by atoms with Crippen LogP contribution in [0.25, 0.3) is 11.8 Å². The van der Waals surface area contributed by atoms with Crippen molar-refractivity contribution in [2.75, 3.05) is 13.1 Å². The predicted octanol–water partition coefficient (Wildman–Crippen LogP) is 3.79. The van der Waals surface area contributed by atoms with E-state index in [4.69, 9.17) is 27.9 Å². The molecule has 1 unspecified atom stereocenters. The van der Waals surface area contributed by atoms with Gasteiger partial charge in [-0.25, -0.2) is 9.59 Å². The normalized spacial score (nSPS) is 14.7. The first-order chi connectivity index (χ1) is 15.1. The van der Waals surface area contributed by atoms with Crippen LogP contribution < -0.4 is 5.32 Å². The van der Waals surface area contributed by atoms with Crippen molar-refractivity contribution in [1.29, 1.82) is 5.26 Å². The van der Waals surface area contributed by atoms with Gasteiger partial charge in [0.2, 0.25) is 0 Å². The van der Waals surface area contributed by atoms with E-state index in [2.05, 4.69) is 5.32 Å². The summed E-state index contributed by atoms with van der Waals surface area (Å²) in [7, 11) is 0. The smallest absolute Gasteiger partial charge is 0.349 e. The molecule has 3 rings (SSSR count). The summed E-state index contributed by atoms with van der Waals surface area (Å²) in [5.41, 5.74) is 2.52. The number of halogens is 2. The van der Waals surface area contributed by atoms with Crippen LogP contribution in [0.4, 0.5) is 4.79 Å². The lowest BCUT2D eigenvalue weighted by Crippen LogP contribution is -2.41. The van der Waals surface area contributed by atoms with Gasteiger partial charge in [-0.05, 0) is 50.6 Å². The Morgan fingerprint density at radius 3 is 2.66 bits per heavy atom. The summed E-state index contributed by atoms with van der Waals surface area (Å²) in [6, 6.07) is 8.33. The molecule has 0 bridgehead atoms. The van der Waals surface area contributed by atoms with Gasteiger partial charge in [0.1, 0.15) is 11.6 Å². The van der Waals surface area contributed by atoms with Gasteiger partial charge >= 0.3 is 12.0 Å². The lowest BCUT2D eigenvalue weighted by Gasteiger charge is -2.17. The zero-order valence-electron chi connectivity index (χ0n) is 17.6. The van der Waals surface area contributed by atoms with Crippen molar-refractivity contribution in [2.24, 2.45) is 0 Å². The lowest BCUT2D eigenvalue weighted by atomic mass is 10.1. The highest BCUT2D eigenvalue weighted by Gasteiger charge is 2.32. The maximum absolute atomic E-state index is 12.5. The van der Waals surface area contributed by atoms with E-state index in [1.807, 2.05) is 30.6 Å². The number of urea groups is 1. The van der Waals surface area contributed by atoms with Crippen LogP contribution in [0, 0.1) is 25.2 Å². The zero-order chi connectivity index (χ0) is 23.6. The van der Waals surface area contributed by atoms with Crippen LogP contribution in [-0.2, 0) is 14.3 Å². The highest BCUT2D eigenvalue weighted by atomic mass is 35.5. The maximum Gasteiger partial charge on any atom is 0.349 e. The number of imide groups is 1. The van der Waals surface area contributed by atoms with Gasteiger partial charge in [-0.15, -0.1) is 0 Å². The molecular formula is C22H20Cl2N4O4. The number of nitrogens with zero attached hydrogens (tertiary/aromatic N) is 3. The Bertz CT molecular complexity index is 1180. The maximum atomic E-state index is 12.5. The van der Waals surface area contributed by atoms with E-state index in [1.165, 1.54) is 13.0 Å². The Morgan fingerprint density at radius 1 is 1.31 bits per heavy atom. The Labute approximate surface area is 194 Å². The minimum absolute atomic E-state index is 0.193. The topological polar surface area (TPSA) is 104 Å². The molecular weight excluding hydrogens is 455 g/mol. The van der Waals surface area contributed by atoms with E-state index in [0.29, 0.717) is 27.8 Å². The van der Waals surface area contributed by atoms with Gasteiger partial charge in [0.25, 0.3) is 5.91 Å². The monoisotopic (exact) mass is 474 g/mol. The number of amides is 3. The molecule has 2 aromatic rings. The fourth-order valence-electron chi connectivity index (χ4n) is 3.44. The Kier molecular flexibility index (Phi) is 6.92. The number of nitriles is 1. The van der Waals surface area contributed by atoms with E-state index < -0.39 is 24.0 Å². The van der Waals surface area contributed by atoms with Gasteiger partial charge in [-0.2, -0.15) is 5.26 Å². The van der Waals surface area contributed by atoms with Crippen LogP contribution in [-0.4, -0.2) is 46.6 Å². The molecule has 0 spiro atoms. The number of ether oxygens (including phenoxy) is 1.